The van der Waals surface area contributed by atoms with E-state index in [1.165, 1.54) is 36.8 Å². The molecule has 1 heterocycles. The van der Waals surface area contributed by atoms with Crippen LogP contribution in [0.15, 0.2) is 54.6 Å². The third-order valence-corrected chi connectivity index (χ3v) is 5.43. The average molecular weight is 305 g/mol. The summed E-state index contributed by atoms with van der Waals surface area (Å²) < 4.78 is 0. The van der Waals surface area contributed by atoms with Crippen LogP contribution in [0.3, 0.4) is 0 Å². The molecule has 0 aromatic heterocycles. The Labute approximate surface area is 138 Å². The number of rotatable bonds is 2. The van der Waals surface area contributed by atoms with Crippen LogP contribution < -0.4 is 0 Å². The number of carbonyl (C=O) groups excluding carboxylic acids is 1. The van der Waals surface area contributed by atoms with E-state index in [1.54, 1.807) is 0 Å². The number of benzene rings is 2. The van der Waals surface area contributed by atoms with Crippen molar-refractivity contribution < 1.29 is 4.79 Å². The fourth-order valence-corrected chi connectivity index (χ4v) is 4.31. The maximum Gasteiger partial charge on any atom is 0.254 e. The zero-order chi connectivity index (χ0) is 15.6. The van der Waals surface area contributed by atoms with Crippen LogP contribution in [0.5, 0.6) is 0 Å². The maximum absolute atomic E-state index is 13.1. The molecule has 0 N–H and O–H groups in total. The van der Waals surface area contributed by atoms with E-state index in [0.717, 1.165) is 18.5 Å². The number of hydrogen-bond acceptors (Lipinski definition) is 1. The van der Waals surface area contributed by atoms with Gasteiger partial charge in [-0.2, -0.15) is 0 Å². The first-order chi connectivity index (χ1) is 11.3. The molecular weight excluding hydrogens is 282 g/mol. The summed E-state index contributed by atoms with van der Waals surface area (Å²) in [5.41, 5.74) is 3.43. The molecule has 2 aliphatic rings. The van der Waals surface area contributed by atoms with Gasteiger partial charge in [0, 0.05) is 24.1 Å². The van der Waals surface area contributed by atoms with E-state index in [2.05, 4.69) is 41.3 Å². The lowest BCUT2D eigenvalue weighted by Crippen LogP contribution is -2.47. The lowest BCUT2D eigenvalue weighted by Gasteiger charge is -2.42. The van der Waals surface area contributed by atoms with Crippen molar-refractivity contribution in [2.45, 2.75) is 50.6 Å². The van der Waals surface area contributed by atoms with Crippen molar-refractivity contribution in [1.82, 2.24) is 4.90 Å². The molecule has 2 nitrogen and oxygen atoms in total. The molecule has 2 aromatic rings. The number of fused-ring (bicyclic) bond motifs is 3. The van der Waals surface area contributed by atoms with Gasteiger partial charge in [-0.25, -0.2) is 0 Å². The van der Waals surface area contributed by atoms with Crippen molar-refractivity contribution >= 4 is 5.91 Å². The standard InChI is InChI=1S/C21H23NO/c23-21-19-13-8-7-11-17(19)18-12-5-2-6-14-20(18)22(21)15-16-9-3-1-4-10-16/h1,3-4,7-11,13,18,20H,2,5-6,12,14-15H2/t18-,20-/m0/s1. The van der Waals surface area contributed by atoms with Crippen molar-refractivity contribution in [1.29, 1.82) is 0 Å². The van der Waals surface area contributed by atoms with Gasteiger partial charge in [0.25, 0.3) is 5.91 Å². The van der Waals surface area contributed by atoms with Crippen LogP contribution in [0, 0.1) is 0 Å². The molecule has 0 spiro atoms. The second-order valence-corrected chi connectivity index (χ2v) is 6.82. The van der Waals surface area contributed by atoms with Crippen molar-refractivity contribution in [2.75, 3.05) is 0 Å². The molecule has 4 rings (SSSR count). The largest absolute Gasteiger partial charge is 0.331 e. The van der Waals surface area contributed by atoms with Crippen molar-refractivity contribution in [3.05, 3.63) is 71.3 Å². The van der Waals surface area contributed by atoms with Gasteiger partial charge in [0.1, 0.15) is 0 Å². The molecule has 2 aromatic carbocycles. The summed E-state index contributed by atoms with van der Waals surface area (Å²) in [6.07, 6.45) is 6.16. The van der Waals surface area contributed by atoms with Gasteiger partial charge in [0.05, 0.1) is 0 Å². The second-order valence-electron chi connectivity index (χ2n) is 6.82. The highest BCUT2D eigenvalue weighted by Crippen LogP contribution is 2.41. The maximum atomic E-state index is 13.1. The zero-order valence-electron chi connectivity index (χ0n) is 13.4. The Kier molecular flexibility index (Phi) is 3.90. The smallest absolute Gasteiger partial charge is 0.254 e. The summed E-state index contributed by atoms with van der Waals surface area (Å²) in [6.45, 7) is 0.731. The van der Waals surface area contributed by atoms with Crippen LogP contribution in [0.4, 0.5) is 0 Å². The molecule has 1 amide bonds. The molecule has 1 saturated carbocycles. The number of nitrogens with zero attached hydrogens (tertiary/aromatic N) is 1. The normalized spacial score (nSPS) is 23.8. The minimum absolute atomic E-state index is 0.215. The van der Waals surface area contributed by atoms with Gasteiger partial charge >= 0.3 is 0 Å². The molecule has 1 fully saturated rings. The van der Waals surface area contributed by atoms with Crippen LogP contribution in [-0.4, -0.2) is 16.8 Å². The van der Waals surface area contributed by atoms with E-state index >= 15 is 0 Å². The Morgan fingerprint density at radius 2 is 1.61 bits per heavy atom. The first-order valence-electron chi connectivity index (χ1n) is 8.78. The quantitative estimate of drug-likeness (QED) is 0.783. The van der Waals surface area contributed by atoms with Crippen molar-refractivity contribution in [2.24, 2.45) is 0 Å². The Morgan fingerprint density at radius 3 is 2.48 bits per heavy atom. The molecule has 0 unspecified atom stereocenters. The highest BCUT2D eigenvalue weighted by atomic mass is 16.2. The summed E-state index contributed by atoms with van der Waals surface area (Å²) in [7, 11) is 0. The molecule has 23 heavy (non-hydrogen) atoms. The molecule has 118 valence electrons. The third kappa shape index (κ3) is 2.67. The Bertz CT molecular complexity index is 694. The molecule has 0 bridgehead atoms. The van der Waals surface area contributed by atoms with E-state index in [-0.39, 0.29) is 5.91 Å². The Hall–Kier alpha value is -2.09. The minimum Gasteiger partial charge on any atom is -0.331 e. The fraction of sp³-hybridized carbons (Fsp3) is 0.381. The molecule has 1 aliphatic heterocycles. The summed E-state index contributed by atoms with van der Waals surface area (Å²) in [4.78, 5) is 15.3. The van der Waals surface area contributed by atoms with Gasteiger partial charge in [-0.05, 0) is 30.0 Å². The first kappa shape index (κ1) is 14.5. The SMILES string of the molecule is O=C1c2ccccc2[C@@H]2CCCCC[C@@H]2N1Cc1ccccc1. The number of carbonyl (C=O) groups is 1. The molecule has 0 saturated heterocycles. The van der Waals surface area contributed by atoms with Crippen LogP contribution in [0.1, 0.15) is 59.5 Å². The number of hydrogen-bond donors (Lipinski definition) is 0. The van der Waals surface area contributed by atoms with Gasteiger partial charge in [-0.3, -0.25) is 4.79 Å². The van der Waals surface area contributed by atoms with E-state index in [1.807, 2.05) is 18.2 Å². The predicted octanol–water partition coefficient (Wildman–Crippen LogP) is 4.76. The third-order valence-electron chi connectivity index (χ3n) is 5.43. The van der Waals surface area contributed by atoms with Gasteiger partial charge in [-0.1, -0.05) is 67.8 Å². The molecule has 0 radical (unpaired) electrons. The summed E-state index contributed by atoms with van der Waals surface area (Å²) >= 11 is 0. The Balaban J connectivity index is 1.74. The Morgan fingerprint density at radius 1 is 0.870 bits per heavy atom. The first-order valence-corrected chi connectivity index (χ1v) is 8.78. The number of amides is 1. The van der Waals surface area contributed by atoms with Gasteiger partial charge in [-0.15, -0.1) is 0 Å². The minimum atomic E-state index is 0.215. The topological polar surface area (TPSA) is 20.3 Å². The van der Waals surface area contributed by atoms with Gasteiger partial charge in [0.15, 0.2) is 0 Å². The molecule has 1 aliphatic carbocycles. The summed E-state index contributed by atoms with van der Waals surface area (Å²) in [5, 5.41) is 0. The van der Waals surface area contributed by atoms with Crippen LogP contribution in [0.25, 0.3) is 0 Å². The van der Waals surface area contributed by atoms with Gasteiger partial charge < -0.3 is 4.90 Å². The second kappa shape index (κ2) is 6.19. The average Bonchev–Trinajstić information content (AvgIpc) is 2.86. The van der Waals surface area contributed by atoms with E-state index in [4.69, 9.17) is 0 Å². The monoisotopic (exact) mass is 305 g/mol. The lowest BCUT2D eigenvalue weighted by atomic mass is 9.80. The zero-order valence-corrected chi connectivity index (χ0v) is 13.4. The van der Waals surface area contributed by atoms with Crippen LogP contribution in [0.2, 0.25) is 0 Å². The van der Waals surface area contributed by atoms with E-state index < -0.39 is 0 Å². The van der Waals surface area contributed by atoms with E-state index in [0.29, 0.717) is 12.0 Å². The highest BCUT2D eigenvalue weighted by Gasteiger charge is 2.39. The summed E-state index contributed by atoms with van der Waals surface area (Å²) in [6, 6.07) is 19.0. The van der Waals surface area contributed by atoms with Crippen molar-refractivity contribution in [3.8, 4) is 0 Å². The molecule has 2 heteroatoms. The van der Waals surface area contributed by atoms with E-state index in [9.17, 15) is 4.79 Å². The predicted molar refractivity (Wildman–Crippen MR) is 92.4 cm³/mol. The van der Waals surface area contributed by atoms with Crippen molar-refractivity contribution in [3.63, 3.8) is 0 Å². The van der Waals surface area contributed by atoms with Gasteiger partial charge in [0.2, 0.25) is 0 Å². The fourth-order valence-electron chi connectivity index (χ4n) is 4.31. The van der Waals surface area contributed by atoms with Crippen LogP contribution in [-0.2, 0) is 6.54 Å². The summed E-state index contributed by atoms with van der Waals surface area (Å²) in [5.74, 6) is 0.725. The van der Waals surface area contributed by atoms with Crippen LogP contribution >= 0.6 is 0 Å². The lowest BCUT2D eigenvalue weighted by molar-refractivity contribution is 0.0578. The highest BCUT2D eigenvalue weighted by molar-refractivity contribution is 5.97. The molecular formula is C21H23NO. The molecule has 2 atom stereocenters.